The molecule has 17 heavy (non-hydrogen) atoms. The summed E-state index contributed by atoms with van der Waals surface area (Å²) in [7, 11) is 0. The van der Waals surface area contributed by atoms with Crippen molar-refractivity contribution in [3.05, 3.63) is 70.0 Å². The zero-order valence-electron chi connectivity index (χ0n) is 8.74. The molecule has 0 saturated carbocycles. The Kier molecular flexibility index (Phi) is 2.07. The van der Waals surface area contributed by atoms with Crippen LogP contribution in [0.4, 0.5) is 4.39 Å². The molecule has 1 N–H and O–H groups in total. The number of benzene rings is 1. The van der Waals surface area contributed by atoms with Gasteiger partial charge in [0.1, 0.15) is 11.9 Å². The number of fused-ring (bicyclic) bond motifs is 2. The minimum Gasteiger partial charge on any atom is -0.624 e. The summed E-state index contributed by atoms with van der Waals surface area (Å²) in [5, 5.41) is 11.2. The van der Waals surface area contributed by atoms with Crippen molar-refractivity contribution in [2.45, 2.75) is 0 Å². The molecule has 4 heteroatoms. The van der Waals surface area contributed by atoms with Gasteiger partial charge < -0.3 is 10.3 Å². The van der Waals surface area contributed by atoms with E-state index in [0.29, 0.717) is 11.1 Å². The van der Waals surface area contributed by atoms with Gasteiger partial charge in [0.15, 0.2) is 11.6 Å². The quantitative estimate of drug-likeness (QED) is 0.682. The normalized spacial score (nSPS) is 22.1. The molecule has 84 valence electrons. The second-order valence-electron chi connectivity index (χ2n) is 3.93. The fourth-order valence-corrected chi connectivity index (χ4v) is 2.06. The van der Waals surface area contributed by atoms with Crippen molar-refractivity contribution in [3.8, 4) is 0 Å². The number of rotatable bonds is 0. The molecule has 0 bridgehead atoms. The first-order valence-electron chi connectivity index (χ1n) is 5.16. The predicted molar refractivity (Wildman–Crippen MR) is 60.4 cm³/mol. The van der Waals surface area contributed by atoms with Gasteiger partial charge in [-0.3, -0.25) is 4.79 Å². The van der Waals surface area contributed by atoms with Gasteiger partial charge in [0.2, 0.25) is 0 Å². The van der Waals surface area contributed by atoms with Gasteiger partial charge in [0.05, 0.1) is 5.57 Å². The van der Waals surface area contributed by atoms with Crippen molar-refractivity contribution < 1.29 is 14.2 Å². The number of ketones is 1. The van der Waals surface area contributed by atoms with Gasteiger partial charge in [-0.05, 0) is 11.6 Å². The number of hydrogen-bond donors (Lipinski definition) is 1. The third-order valence-corrected chi connectivity index (χ3v) is 2.86. The first-order valence-corrected chi connectivity index (χ1v) is 5.16. The maximum atomic E-state index is 13.1. The zero-order valence-corrected chi connectivity index (χ0v) is 8.74. The smallest absolute Gasteiger partial charge is 0.199 e. The molecule has 0 amide bonds. The fraction of sp³-hybridized carbons (Fsp3) is 0. The minimum absolute atomic E-state index is 0.147. The van der Waals surface area contributed by atoms with Gasteiger partial charge in [-0.2, -0.15) is 0 Å². The zero-order chi connectivity index (χ0) is 12.0. The molecule has 1 atom stereocenters. The number of halogens is 1. The SMILES string of the molecule is O=C1C2=CC(F)=C[NH+]([O-])C2=Cc2ccccc21. The number of Topliss-reactive ketones (excluding diaryl/α,β-unsaturated/α-hetero) is 1. The minimum atomic E-state index is -0.671. The van der Waals surface area contributed by atoms with E-state index in [4.69, 9.17) is 0 Å². The third-order valence-electron chi connectivity index (χ3n) is 2.86. The Hall–Kier alpha value is -2.04. The van der Waals surface area contributed by atoms with Crippen LogP contribution in [0, 0.1) is 5.21 Å². The Morgan fingerprint density at radius 1 is 1.18 bits per heavy atom. The van der Waals surface area contributed by atoms with E-state index >= 15 is 0 Å². The van der Waals surface area contributed by atoms with Crippen molar-refractivity contribution in [2.24, 2.45) is 0 Å². The average molecular weight is 229 g/mol. The first kappa shape index (κ1) is 10.1. The van der Waals surface area contributed by atoms with Crippen LogP contribution in [0.1, 0.15) is 15.9 Å². The van der Waals surface area contributed by atoms with E-state index in [-0.39, 0.29) is 17.1 Å². The van der Waals surface area contributed by atoms with E-state index in [0.717, 1.165) is 12.3 Å². The highest BCUT2D eigenvalue weighted by Gasteiger charge is 2.30. The summed E-state index contributed by atoms with van der Waals surface area (Å²) in [4.78, 5) is 12.1. The van der Waals surface area contributed by atoms with Crippen LogP contribution < -0.4 is 5.06 Å². The summed E-state index contributed by atoms with van der Waals surface area (Å²) in [6.07, 6.45) is 3.65. The predicted octanol–water partition coefficient (Wildman–Crippen LogP) is 1.36. The lowest BCUT2D eigenvalue weighted by molar-refractivity contribution is -0.744. The van der Waals surface area contributed by atoms with E-state index in [1.54, 1.807) is 30.3 Å². The molecule has 0 fully saturated rings. The molecular formula is C13H8FNO2. The van der Waals surface area contributed by atoms with Gasteiger partial charge in [0.25, 0.3) is 0 Å². The van der Waals surface area contributed by atoms with Crippen LogP contribution in [0.25, 0.3) is 6.08 Å². The summed E-state index contributed by atoms with van der Waals surface area (Å²) in [6, 6.07) is 6.97. The highest BCUT2D eigenvalue weighted by molar-refractivity contribution is 6.16. The largest absolute Gasteiger partial charge is 0.624 e. The second kappa shape index (κ2) is 3.48. The Balaban J connectivity index is 2.25. The number of hydroxylamine groups is 2. The molecule has 3 nitrogen and oxygen atoms in total. The van der Waals surface area contributed by atoms with Crippen LogP contribution in [0.2, 0.25) is 0 Å². The van der Waals surface area contributed by atoms with Crippen LogP contribution in [-0.4, -0.2) is 5.78 Å². The molecule has 1 unspecified atom stereocenters. The Morgan fingerprint density at radius 3 is 2.76 bits per heavy atom. The lowest BCUT2D eigenvalue weighted by Crippen LogP contribution is -3.01. The van der Waals surface area contributed by atoms with Gasteiger partial charge in [0, 0.05) is 11.6 Å². The van der Waals surface area contributed by atoms with E-state index < -0.39 is 10.9 Å². The van der Waals surface area contributed by atoms with Gasteiger partial charge in [-0.1, -0.05) is 24.3 Å². The van der Waals surface area contributed by atoms with E-state index in [9.17, 15) is 14.4 Å². The second-order valence-corrected chi connectivity index (χ2v) is 3.93. The van der Waals surface area contributed by atoms with Crippen LogP contribution >= 0.6 is 0 Å². The summed E-state index contributed by atoms with van der Waals surface area (Å²) in [5.41, 5.74) is 1.63. The number of carbonyl (C=O) groups excluding carboxylic acids is 1. The number of allylic oxidation sites excluding steroid dienone is 3. The van der Waals surface area contributed by atoms with E-state index in [2.05, 4.69) is 0 Å². The topological polar surface area (TPSA) is 44.6 Å². The molecule has 1 aliphatic carbocycles. The summed E-state index contributed by atoms with van der Waals surface area (Å²) in [5.74, 6) is -0.968. The van der Waals surface area contributed by atoms with Crippen molar-refractivity contribution in [1.29, 1.82) is 0 Å². The standard InChI is InChI=1S/C13H8FNO2/c14-9-6-11-12(15(17)7-9)5-8-3-1-2-4-10(8)13(11)16/h1-7,15H. The molecular weight excluding hydrogens is 221 g/mol. The molecule has 1 aromatic rings. The summed E-state index contributed by atoms with van der Waals surface area (Å²) >= 11 is 0. The molecule has 0 aromatic heterocycles. The van der Waals surface area contributed by atoms with Crippen LogP contribution in [0.5, 0.6) is 0 Å². The Bertz CT molecular complexity index is 614. The number of quaternary nitrogens is 1. The lowest BCUT2D eigenvalue weighted by Gasteiger charge is -2.27. The Morgan fingerprint density at radius 2 is 1.94 bits per heavy atom. The molecule has 3 rings (SSSR count). The Labute approximate surface area is 96.7 Å². The maximum Gasteiger partial charge on any atom is 0.199 e. The molecule has 1 heterocycles. The number of carbonyl (C=O) groups is 1. The van der Waals surface area contributed by atoms with Crippen LogP contribution in [0.15, 0.2) is 53.6 Å². The highest BCUT2D eigenvalue weighted by Crippen LogP contribution is 2.27. The third kappa shape index (κ3) is 1.46. The first-order chi connectivity index (χ1) is 8.16. The van der Waals surface area contributed by atoms with Crippen LogP contribution in [0.3, 0.4) is 0 Å². The number of hydrogen-bond acceptors (Lipinski definition) is 2. The number of nitrogens with one attached hydrogen (secondary N) is 1. The monoisotopic (exact) mass is 229 g/mol. The van der Waals surface area contributed by atoms with Gasteiger partial charge in [-0.25, -0.2) is 4.39 Å². The van der Waals surface area contributed by atoms with E-state index in [1.807, 2.05) is 0 Å². The highest BCUT2D eigenvalue weighted by atomic mass is 19.1. The molecule has 1 aliphatic heterocycles. The fourth-order valence-electron chi connectivity index (χ4n) is 2.06. The summed E-state index contributed by atoms with van der Waals surface area (Å²) in [6.45, 7) is 0. The van der Waals surface area contributed by atoms with Gasteiger partial charge in [-0.15, -0.1) is 0 Å². The van der Waals surface area contributed by atoms with Gasteiger partial charge >= 0.3 is 0 Å². The molecule has 0 saturated heterocycles. The summed E-state index contributed by atoms with van der Waals surface area (Å²) < 4.78 is 13.1. The molecule has 1 aromatic carbocycles. The molecule has 0 spiro atoms. The average Bonchev–Trinajstić information content (AvgIpc) is 2.31. The van der Waals surface area contributed by atoms with Crippen molar-refractivity contribution in [2.75, 3.05) is 0 Å². The van der Waals surface area contributed by atoms with Crippen molar-refractivity contribution in [3.63, 3.8) is 0 Å². The van der Waals surface area contributed by atoms with Crippen molar-refractivity contribution in [1.82, 2.24) is 0 Å². The molecule has 0 radical (unpaired) electrons. The van der Waals surface area contributed by atoms with Crippen molar-refractivity contribution >= 4 is 11.9 Å². The maximum absolute atomic E-state index is 13.1. The molecule has 2 aliphatic rings. The van der Waals surface area contributed by atoms with Crippen LogP contribution in [-0.2, 0) is 0 Å². The lowest BCUT2D eigenvalue weighted by atomic mass is 9.89. The van der Waals surface area contributed by atoms with E-state index in [1.165, 1.54) is 0 Å².